The molecule has 5 aliphatic rings. The number of allylic oxidation sites excluding steroid dienone is 4. The Morgan fingerprint density at radius 2 is 1.14 bits per heavy atom. The zero-order valence-corrected chi connectivity index (χ0v) is 35.7. The van der Waals surface area contributed by atoms with E-state index in [1.165, 1.54) is 72.5 Å². The van der Waals surface area contributed by atoms with Crippen molar-refractivity contribution in [2.75, 3.05) is 4.90 Å². The minimum absolute atomic E-state index is 0.162. The van der Waals surface area contributed by atoms with Gasteiger partial charge in [0.2, 0.25) is 0 Å². The number of hydrogen-bond acceptors (Lipinski definition) is 2. The lowest BCUT2D eigenvalue weighted by atomic mass is 9.69. The van der Waals surface area contributed by atoms with Gasteiger partial charge in [0, 0.05) is 44.3 Å². The molecule has 0 amide bonds. The van der Waals surface area contributed by atoms with Crippen LogP contribution in [0.5, 0.6) is 0 Å². The van der Waals surface area contributed by atoms with Gasteiger partial charge in [0.25, 0.3) is 0 Å². The third-order valence-corrected chi connectivity index (χ3v) is 15.1. The Balaban J connectivity index is 1.04. The number of furan rings is 1. The molecule has 0 atom stereocenters. The van der Waals surface area contributed by atoms with Crippen molar-refractivity contribution >= 4 is 50.5 Å². The van der Waals surface area contributed by atoms with Gasteiger partial charge in [-0.25, -0.2) is 0 Å². The summed E-state index contributed by atoms with van der Waals surface area (Å²) in [4.78, 5) is 2.59. The summed E-state index contributed by atoms with van der Waals surface area (Å²) < 4.78 is 6.50. The van der Waals surface area contributed by atoms with Crippen LogP contribution in [0.2, 0.25) is 0 Å². The van der Waals surface area contributed by atoms with Gasteiger partial charge in [-0.15, -0.1) is 0 Å². The van der Waals surface area contributed by atoms with Crippen molar-refractivity contribution in [3.63, 3.8) is 0 Å². The number of anilines is 2. The van der Waals surface area contributed by atoms with E-state index in [1.54, 1.807) is 0 Å². The normalized spacial score (nSPS) is 16.2. The summed E-state index contributed by atoms with van der Waals surface area (Å²) in [5.41, 5.74) is 32.6. The van der Waals surface area contributed by atoms with Crippen LogP contribution in [0, 0.1) is 0 Å². The third kappa shape index (κ3) is 4.56. The molecule has 0 radical (unpaired) electrons. The van der Waals surface area contributed by atoms with Gasteiger partial charge in [-0.2, -0.15) is 0 Å². The quantitative estimate of drug-likeness (QED) is 0.165. The molecule has 1 heterocycles. The lowest BCUT2D eigenvalue weighted by molar-refractivity contribution is 0.660. The molecule has 300 valence electrons. The molecule has 0 unspecified atom stereocenters. The molecule has 0 saturated carbocycles. The molecule has 0 fully saturated rings. The predicted molar refractivity (Wildman–Crippen MR) is 263 cm³/mol. The lowest BCUT2D eigenvalue weighted by Gasteiger charge is -2.36. The van der Waals surface area contributed by atoms with E-state index in [1.807, 2.05) is 6.07 Å². The van der Waals surface area contributed by atoms with Crippen molar-refractivity contribution in [3.05, 3.63) is 255 Å². The Labute approximate surface area is 372 Å². The minimum Gasteiger partial charge on any atom is -0.456 e. The molecule has 0 bridgehead atoms. The van der Waals surface area contributed by atoms with Crippen LogP contribution in [-0.2, 0) is 10.8 Å². The fourth-order valence-corrected chi connectivity index (χ4v) is 12.4. The van der Waals surface area contributed by atoms with E-state index in [2.05, 4.69) is 212 Å². The fraction of sp³-hybridized carbons (Fsp3) is 0.0968. The summed E-state index contributed by atoms with van der Waals surface area (Å²) in [6, 6.07) is 65.2. The Morgan fingerprint density at radius 1 is 0.531 bits per heavy atom. The topological polar surface area (TPSA) is 16.4 Å². The zero-order chi connectivity index (χ0) is 42.3. The second-order valence-corrected chi connectivity index (χ2v) is 18.5. The van der Waals surface area contributed by atoms with Gasteiger partial charge >= 0.3 is 0 Å². The first-order valence-corrected chi connectivity index (χ1v) is 22.6. The van der Waals surface area contributed by atoms with Gasteiger partial charge in [-0.1, -0.05) is 165 Å². The second-order valence-electron chi connectivity index (χ2n) is 18.5. The fourth-order valence-electron chi connectivity index (χ4n) is 12.4. The van der Waals surface area contributed by atoms with E-state index in [4.69, 9.17) is 4.42 Å². The summed E-state index contributed by atoms with van der Waals surface area (Å²) in [5, 5.41) is 2.22. The first-order chi connectivity index (χ1) is 31.5. The Kier molecular flexibility index (Phi) is 7.17. The maximum atomic E-state index is 6.50. The molecule has 2 heteroatoms. The molecular formula is C62H41NO. The standard InChI is InChI=1S/C62H41NO/c1-61(2)50-24-9-3-17-41(50)45-33-31-39(36-54(45)61)63(56-28-13-7-21-47(56)48-23-15-16-38-30-35-58-60(59(38)48)49-22-8-14-29-57(49)64-58)40-32-34-46-44-20-6-12-27-53(44)62(55(46)37-40)51-25-10-4-18-42(51)43-19-5-11-26-52(43)62/h3-14,16-22,24-31,33,35-37H,32,34H2,1-2H3. The van der Waals surface area contributed by atoms with Crippen LogP contribution in [0.25, 0.3) is 61.4 Å². The molecule has 0 aliphatic heterocycles. The number of nitrogens with zero attached hydrogens (tertiary/aromatic N) is 1. The van der Waals surface area contributed by atoms with E-state index in [0.717, 1.165) is 68.4 Å². The lowest BCUT2D eigenvalue weighted by Crippen LogP contribution is -2.28. The SMILES string of the molecule is CC1(C)c2ccccc2-c2ccc(N(C3=CC4=C(CC3)c3ccccc3C43c4ccccc4-c4ccccc43)c3ccccc3C3=C=C=Cc4ccc5oc6ccccc6c5c43)cc21. The third-order valence-electron chi connectivity index (χ3n) is 15.1. The molecule has 2 nitrogen and oxygen atoms in total. The van der Waals surface area contributed by atoms with Crippen molar-refractivity contribution in [1.82, 2.24) is 0 Å². The molecule has 14 rings (SSSR count). The van der Waals surface area contributed by atoms with Gasteiger partial charge in [0.1, 0.15) is 11.2 Å². The van der Waals surface area contributed by atoms with Gasteiger partial charge < -0.3 is 9.32 Å². The molecule has 5 aliphatic carbocycles. The molecule has 9 aromatic rings. The summed E-state index contributed by atoms with van der Waals surface area (Å²) in [6.07, 6.45) is 6.46. The van der Waals surface area contributed by atoms with Crippen molar-refractivity contribution in [2.24, 2.45) is 0 Å². The summed E-state index contributed by atoms with van der Waals surface area (Å²) >= 11 is 0. The molecule has 64 heavy (non-hydrogen) atoms. The maximum Gasteiger partial charge on any atom is 0.136 e. The largest absolute Gasteiger partial charge is 0.456 e. The van der Waals surface area contributed by atoms with E-state index in [9.17, 15) is 0 Å². The average Bonchev–Trinajstić information content (AvgIpc) is 4.04. The molecular weight excluding hydrogens is 775 g/mol. The maximum absolute atomic E-state index is 6.50. The van der Waals surface area contributed by atoms with E-state index in [-0.39, 0.29) is 5.41 Å². The first kappa shape index (κ1) is 35.7. The molecule has 1 aromatic heterocycles. The van der Waals surface area contributed by atoms with Crippen LogP contribution in [-0.4, -0.2) is 0 Å². The molecule has 8 aromatic carbocycles. The first-order valence-electron chi connectivity index (χ1n) is 22.6. The predicted octanol–water partition coefficient (Wildman–Crippen LogP) is 15.7. The molecule has 0 N–H and O–H groups in total. The van der Waals surface area contributed by atoms with Gasteiger partial charge in [0.15, 0.2) is 0 Å². The highest BCUT2D eigenvalue weighted by atomic mass is 16.3. The van der Waals surface area contributed by atoms with E-state index in [0.29, 0.717) is 0 Å². The number of hydrogen-bond donors (Lipinski definition) is 0. The smallest absolute Gasteiger partial charge is 0.136 e. The Hall–Kier alpha value is -7.86. The van der Waals surface area contributed by atoms with Crippen LogP contribution in [0.15, 0.2) is 209 Å². The monoisotopic (exact) mass is 815 g/mol. The number of benzene rings is 8. The van der Waals surface area contributed by atoms with Crippen LogP contribution in [0.1, 0.15) is 76.8 Å². The van der Waals surface area contributed by atoms with E-state index >= 15 is 0 Å². The van der Waals surface area contributed by atoms with Crippen LogP contribution in [0.3, 0.4) is 0 Å². The highest BCUT2D eigenvalue weighted by Crippen LogP contribution is 2.64. The van der Waals surface area contributed by atoms with Gasteiger partial charge in [-0.05, 0) is 134 Å². The van der Waals surface area contributed by atoms with Gasteiger partial charge in [-0.3, -0.25) is 0 Å². The van der Waals surface area contributed by atoms with Crippen LogP contribution in [0.4, 0.5) is 11.4 Å². The summed E-state index contributed by atoms with van der Waals surface area (Å²) in [5.74, 6) is 0. The number of para-hydroxylation sites is 2. The van der Waals surface area contributed by atoms with E-state index < -0.39 is 5.41 Å². The van der Waals surface area contributed by atoms with Crippen molar-refractivity contribution in [3.8, 4) is 22.3 Å². The zero-order valence-electron chi connectivity index (χ0n) is 35.7. The number of fused-ring (bicyclic) bond motifs is 17. The molecule has 1 spiro atoms. The Morgan fingerprint density at radius 3 is 1.91 bits per heavy atom. The Bertz CT molecular complexity index is 3690. The highest BCUT2D eigenvalue weighted by Gasteiger charge is 2.53. The molecule has 0 saturated heterocycles. The highest BCUT2D eigenvalue weighted by molar-refractivity contribution is 6.14. The van der Waals surface area contributed by atoms with Gasteiger partial charge in [0.05, 0.1) is 11.1 Å². The van der Waals surface area contributed by atoms with Crippen LogP contribution < -0.4 is 4.90 Å². The second kappa shape index (κ2) is 12.9. The van der Waals surface area contributed by atoms with Crippen LogP contribution >= 0.6 is 0 Å². The van der Waals surface area contributed by atoms with Crippen molar-refractivity contribution in [1.29, 1.82) is 0 Å². The summed E-state index contributed by atoms with van der Waals surface area (Å²) in [6.45, 7) is 4.76. The average molecular weight is 816 g/mol. The summed E-state index contributed by atoms with van der Waals surface area (Å²) in [7, 11) is 0. The van der Waals surface area contributed by atoms with Crippen molar-refractivity contribution < 1.29 is 4.42 Å². The van der Waals surface area contributed by atoms with Crippen molar-refractivity contribution in [2.45, 2.75) is 37.5 Å². The minimum atomic E-state index is -0.427. The number of rotatable bonds is 4.